The molecule has 0 aliphatic carbocycles. The fourth-order valence-electron chi connectivity index (χ4n) is 2.09. The molecule has 0 aliphatic rings. The molecule has 1 atom stereocenters. The smallest absolute Gasteiger partial charge is 0.159 e. The van der Waals surface area contributed by atoms with Crippen LogP contribution in [0.25, 0.3) is 0 Å². The molecule has 0 saturated carbocycles. The molecule has 2 rings (SSSR count). The number of hydrogen-bond donors (Lipinski definition) is 1. The summed E-state index contributed by atoms with van der Waals surface area (Å²) in [6.45, 7) is 4.36. The molecule has 0 heterocycles. The maximum absolute atomic E-state index is 13.7. The van der Waals surface area contributed by atoms with Crippen LogP contribution in [0.1, 0.15) is 37.3 Å². The van der Waals surface area contributed by atoms with Crippen LogP contribution >= 0.6 is 23.4 Å². The maximum Gasteiger partial charge on any atom is 0.159 e. The average Bonchev–Trinajstić information content (AvgIpc) is 2.54. The summed E-state index contributed by atoms with van der Waals surface area (Å²) < 4.78 is 13.7. The Bertz CT molecular complexity index is 666. The molecular formula is C18H20ClFN2S. The number of nitrogens with zero attached hydrogens (tertiary/aromatic N) is 1. The number of aliphatic imine (C=N–C) groups is 1. The van der Waals surface area contributed by atoms with Crippen molar-refractivity contribution in [1.82, 2.24) is 0 Å². The third-order valence-corrected chi connectivity index (χ3v) is 4.91. The third-order valence-electron chi connectivity index (χ3n) is 3.74. The third kappa shape index (κ3) is 4.98. The standard InChI is InChI=1S/C18H20ClFN2S/c1-3-12(2)13-7-9-14(10-8-13)22-18(21)23-11-15-16(19)5-4-6-17(15)20/h4-10,12H,3,11H2,1-2H3,(H2,21,22)/t12-/m1/s1. The van der Waals surface area contributed by atoms with Gasteiger partial charge in [0.1, 0.15) is 5.82 Å². The highest BCUT2D eigenvalue weighted by atomic mass is 35.5. The van der Waals surface area contributed by atoms with Gasteiger partial charge in [-0.15, -0.1) is 0 Å². The van der Waals surface area contributed by atoms with E-state index in [-0.39, 0.29) is 5.82 Å². The molecular weight excluding hydrogens is 331 g/mol. The quantitative estimate of drug-likeness (QED) is 0.540. The van der Waals surface area contributed by atoms with E-state index >= 15 is 0 Å². The molecule has 0 saturated heterocycles. The van der Waals surface area contributed by atoms with Gasteiger partial charge in [-0.3, -0.25) is 0 Å². The summed E-state index contributed by atoms with van der Waals surface area (Å²) in [6, 6.07) is 12.7. The minimum Gasteiger partial charge on any atom is -0.378 e. The predicted molar refractivity (Wildman–Crippen MR) is 99.1 cm³/mol. The van der Waals surface area contributed by atoms with E-state index in [0.717, 1.165) is 12.1 Å². The Labute approximate surface area is 146 Å². The molecule has 122 valence electrons. The van der Waals surface area contributed by atoms with Gasteiger partial charge in [-0.25, -0.2) is 9.38 Å². The Balaban J connectivity index is 2.02. The lowest BCUT2D eigenvalue weighted by Gasteiger charge is -2.09. The van der Waals surface area contributed by atoms with Crippen LogP contribution in [-0.4, -0.2) is 5.17 Å². The number of benzene rings is 2. The van der Waals surface area contributed by atoms with E-state index < -0.39 is 0 Å². The first-order valence-electron chi connectivity index (χ1n) is 7.51. The Kier molecular flexibility index (Phi) is 6.48. The maximum atomic E-state index is 13.7. The van der Waals surface area contributed by atoms with Gasteiger partial charge in [-0.1, -0.05) is 55.4 Å². The van der Waals surface area contributed by atoms with Crippen LogP contribution in [0, 0.1) is 5.82 Å². The molecule has 2 aromatic rings. The zero-order valence-electron chi connectivity index (χ0n) is 13.2. The zero-order chi connectivity index (χ0) is 16.8. The molecule has 0 aromatic heterocycles. The SMILES string of the molecule is CC[C@@H](C)c1ccc(N=C(N)SCc2c(F)cccc2Cl)cc1. The highest BCUT2D eigenvalue weighted by Crippen LogP contribution is 2.25. The molecule has 0 amide bonds. The largest absolute Gasteiger partial charge is 0.378 e. The summed E-state index contributed by atoms with van der Waals surface area (Å²) in [5, 5.41) is 0.795. The van der Waals surface area contributed by atoms with E-state index in [1.807, 2.05) is 12.1 Å². The van der Waals surface area contributed by atoms with Crippen LogP contribution in [0.5, 0.6) is 0 Å². The molecule has 0 aliphatic heterocycles. The van der Waals surface area contributed by atoms with Crippen LogP contribution in [0.3, 0.4) is 0 Å². The van der Waals surface area contributed by atoms with Crippen molar-refractivity contribution in [3.05, 3.63) is 64.4 Å². The van der Waals surface area contributed by atoms with E-state index in [1.165, 1.54) is 23.4 Å². The van der Waals surface area contributed by atoms with E-state index in [2.05, 4.69) is 31.0 Å². The number of amidine groups is 1. The summed E-state index contributed by atoms with van der Waals surface area (Å²) in [6.07, 6.45) is 1.10. The van der Waals surface area contributed by atoms with E-state index in [4.69, 9.17) is 17.3 Å². The summed E-state index contributed by atoms with van der Waals surface area (Å²) in [5.41, 5.74) is 8.45. The van der Waals surface area contributed by atoms with Gasteiger partial charge >= 0.3 is 0 Å². The molecule has 2 nitrogen and oxygen atoms in total. The first-order valence-corrected chi connectivity index (χ1v) is 8.87. The van der Waals surface area contributed by atoms with Crippen LogP contribution in [0.4, 0.5) is 10.1 Å². The van der Waals surface area contributed by atoms with Gasteiger partial charge in [0.2, 0.25) is 0 Å². The van der Waals surface area contributed by atoms with Gasteiger partial charge in [0.15, 0.2) is 5.17 Å². The van der Waals surface area contributed by atoms with E-state index in [1.54, 1.807) is 12.1 Å². The van der Waals surface area contributed by atoms with Gasteiger partial charge in [0, 0.05) is 16.3 Å². The lowest BCUT2D eigenvalue weighted by molar-refractivity contribution is 0.617. The molecule has 5 heteroatoms. The summed E-state index contributed by atoms with van der Waals surface area (Å²) in [4.78, 5) is 4.35. The average molecular weight is 351 g/mol. The lowest BCUT2D eigenvalue weighted by atomic mass is 9.99. The summed E-state index contributed by atoms with van der Waals surface area (Å²) in [5.74, 6) is 0.560. The zero-order valence-corrected chi connectivity index (χ0v) is 14.8. The minimum atomic E-state index is -0.323. The van der Waals surface area contributed by atoms with Crippen molar-refractivity contribution in [3.8, 4) is 0 Å². The number of hydrogen-bond acceptors (Lipinski definition) is 2. The Morgan fingerprint density at radius 2 is 1.96 bits per heavy atom. The molecule has 2 aromatic carbocycles. The van der Waals surface area contributed by atoms with Crippen molar-refractivity contribution >= 4 is 34.2 Å². The highest BCUT2D eigenvalue weighted by Gasteiger charge is 2.08. The first-order chi connectivity index (χ1) is 11.0. The van der Waals surface area contributed by atoms with Gasteiger partial charge in [-0.2, -0.15) is 0 Å². The first kappa shape index (κ1) is 17.8. The minimum absolute atomic E-state index is 0.323. The number of nitrogens with two attached hydrogens (primary N) is 1. The lowest BCUT2D eigenvalue weighted by Crippen LogP contribution is -2.06. The molecule has 0 spiro atoms. The normalized spacial score (nSPS) is 13.1. The van der Waals surface area contributed by atoms with Gasteiger partial charge in [0.25, 0.3) is 0 Å². The Morgan fingerprint density at radius 3 is 2.57 bits per heavy atom. The van der Waals surface area contributed by atoms with Crippen molar-refractivity contribution in [2.75, 3.05) is 0 Å². The molecule has 0 bridgehead atoms. The molecule has 0 unspecified atom stereocenters. The van der Waals surface area contributed by atoms with Crippen LogP contribution in [-0.2, 0) is 5.75 Å². The van der Waals surface area contributed by atoms with Crippen LogP contribution < -0.4 is 5.73 Å². The van der Waals surface area contributed by atoms with Crippen molar-refractivity contribution in [3.63, 3.8) is 0 Å². The van der Waals surface area contributed by atoms with Crippen molar-refractivity contribution in [1.29, 1.82) is 0 Å². The van der Waals surface area contributed by atoms with Crippen LogP contribution in [0.2, 0.25) is 5.02 Å². The number of thioether (sulfide) groups is 1. The van der Waals surface area contributed by atoms with E-state index in [0.29, 0.717) is 27.4 Å². The monoisotopic (exact) mass is 350 g/mol. The highest BCUT2D eigenvalue weighted by molar-refractivity contribution is 8.13. The molecule has 0 fully saturated rings. The summed E-state index contributed by atoms with van der Waals surface area (Å²) >= 11 is 7.27. The topological polar surface area (TPSA) is 38.4 Å². The fourth-order valence-corrected chi connectivity index (χ4v) is 3.15. The Hall–Kier alpha value is -1.52. The van der Waals surface area contributed by atoms with Gasteiger partial charge in [0.05, 0.1) is 5.69 Å². The molecule has 0 radical (unpaired) electrons. The second-order valence-electron chi connectivity index (χ2n) is 5.34. The molecule has 2 N–H and O–H groups in total. The van der Waals surface area contributed by atoms with Gasteiger partial charge in [-0.05, 0) is 42.2 Å². The number of halogens is 2. The van der Waals surface area contributed by atoms with Crippen LogP contribution in [0.15, 0.2) is 47.5 Å². The molecule has 23 heavy (non-hydrogen) atoms. The van der Waals surface area contributed by atoms with Crippen molar-refractivity contribution in [2.24, 2.45) is 10.7 Å². The van der Waals surface area contributed by atoms with Crippen molar-refractivity contribution < 1.29 is 4.39 Å². The van der Waals surface area contributed by atoms with Gasteiger partial charge < -0.3 is 5.73 Å². The second kappa shape index (κ2) is 8.37. The predicted octanol–water partition coefficient (Wildman–Crippen LogP) is 5.87. The van der Waals surface area contributed by atoms with E-state index in [9.17, 15) is 4.39 Å². The number of rotatable bonds is 5. The van der Waals surface area contributed by atoms with Crippen molar-refractivity contribution in [2.45, 2.75) is 31.9 Å². The summed E-state index contributed by atoms with van der Waals surface area (Å²) in [7, 11) is 0. The Morgan fingerprint density at radius 1 is 1.26 bits per heavy atom. The fraction of sp³-hybridized carbons (Fsp3) is 0.278. The second-order valence-corrected chi connectivity index (χ2v) is 6.74.